The summed E-state index contributed by atoms with van der Waals surface area (Å²) in [4.78, 5) is 51.1. The van der Waals surface area contributed by atoms with Crippen LogP contribution in [0.25, 0.3) is 5.69 Å². The quantitative estimate of drug-likeness (QED) is 0.613. The second-order valence-corrected chi connectivity index (χ2v) is 10.3. The van der Waals surface area contributed by atoms with E-state index in [1.807, 2.05) is 6.07 Å². The van der Waals surface area contributed by atoms with E-state index in [1.165, 1.54) is 9.58 Å². The molecule has 4 heterocycles. The summed E-state index contributed by atoms with van der Waals surface area (Å²) in [5.41, 5.74) is 1.70. The smallest absolute Gasteiger partial charge is 0.274 e. The minimum Gasteiger partial charge on any atom is -0.372 e. The Kier molecular flexibility index (Phi) is 4.13. The van der Waals surface area contributed by atoms with Gasteiger partial charge in [0.2, 0.25) is 11.8 Å². The van der Waals surface area contributed by atoms with Crippen molar-refractivity contribution in [2.24, 2.45) is 5.92 Å². The lowest BCUT2D eigenvalue weighted by molar-refractivity contribution is -0.136. The molecule has 7 rings (SSSR count). The van der Waals surface area contributed by atoms with Gasteiger partial charge in [-0.25, -0.2) is 4.68 Å². The Morgan fingerprint density at radius 3 is 2.83 bits per heavy atom. The lowest BCUT2D eigenvalue weighted by atomic mass is 9.72. The van der Waals surface area contributed by atoms with E-state index in [4.69, 9.17) is 4.74 Å². The SMILES string of the molecule is O=C1CCC(N2Cc3cc(-n4cc(C(=O)N[C@]56C[C@H]5COC65CCC5)nn4)ccc3C2=O)C(=O)N1. The Morgan fingerprint density at radius 2 is 2.09 bits per heavy atom. The highest BCUT2D eigenvalue weighted by molar-refractivity contribution is 6.05. The predicted octanol–water partition coefficient (Wildman–Crippen LogP) is 0.470. The van der Waals surface area contributed by atoms with Crippen LogP contribution in [0.5, 0.6) is 0 Å². The van der Waals surface area contributed by atoms with E-state index in [2.05, 4.69) is 20.9 Å². The molecular weight excluding hydrogens is 452 g/mol. The summed E-state index contributed by atoms with van der Waals surface area (Å²) >= 11 is 0. The summed E-state index contributed by atoms with van der Waals surface area (Å²) in [6, 6.07) is 4.59. The van der Waals surface area contributed by atoms with Crippen molar-refractivity contribution in [2.45, 2.75) is 62.3 Å². The molecule has 2 saturated heterocycles. The van der Waals surface area contributed by atoms with Gasteiger partial charge in [0.1, 0.15) is 6.04 Å². The number of imide groups is 1. The second-order valence-electron chi connectivity index (χ2n) is 10.3. The Hall–Kier alpha value is -3.60. The molecule has 1 aromatic carbocycles. The van der Waals surface area contributed by atoms with Crippen LogP contribution in [0.15, 0.2) is 24.4 Å². The monoisotopic (exact) mass is 476 g/mol. The summed E-state index contributed by atoms with van der Waals surface area (Å²) in [6.07, 6.45) is 6.16. The van der Waals surface area contributed by atoms with E-state index in [9.17, 15) is 19.2 Å². The maximum atomic E-state index is 13.0. The number of ether oxygens (including phenoxy) is 1. The molecule has 2 aliphatic carbocycles. The van der Waals surface area contributed by atoms with Crippen LogP contribution in [0.4, 0.5) is 0 Å². The number of carbonyl (C=O) groups excluding carboxylic acids is 4. The Bertz CT molecular complexity index is 1320. The molecule has 5 aliphatic rings. The van der Waals surface area contributed by atoms with E-state index in [0.717, 1.165) is 31.2 Å². The Labute approximate surface area is 200 Å². The van der Waals surface area contributed by atoms with Crippen molar-refractivity contribution in [1.29, 1.82) is 0 Å². The fourth-order valence-electron chi connectivity index (χ4n) is 6.30. The van der Waals surface area contributed by atoms with Crippen molar-refractivity contribution in [3.63, 3.8) is 0 Å². The molecule has 3 aliphatic heterocycles. The largest absolute Gasteiger partial charge is 0.372 e. The first-order chi connectivity index (χ1) is 16.9. The topological polar surface area (TPSA) is 136 Å². The van der Waals surface area contributed by atoms with Crippen LogP contribution < -0.4 is 10.6 Å². The van der Waals surface area contributed by atoms with Crippen LogP contribution >= 0.6 is 0 Å². The molecule has 4 fully saturated rings. The standard InChI is InChI=1S/C24H24N6O5/c31-19-5-4-18(21(33)25-19)29-10-13-8-15(2-3-16(13)22(29)34)30-11-17(27-28-30)20(32)26-24-9-14(24)12-35-23(24)6-1-7-23/h2-3,8,11,14,18H,1,4-7,9-10,12H2,(H,26,32)(H,25,31,33)/t14-,18?,24+/m0/s1. The maximum Gasteiger partial charge on any atom is 0.274 e. The number of rotatable bonds is 4. The van der Waals surface area contributed by atoms with Gasteiger partial charge in [0.15, 0.2) is 5.69 Å². The van der Waals surface area contributed by atoms with Gasteiger partial charge in [0, 0.05) is 24.4 Å². The van der Waals surface area contributed by atoms with Crippen molar-refractivity contribution >= 4 is 23.6 Å². The minimum atomic E-state index is -0.665. The number of aromatic nitrogens is 3. The number of fused-ring (bicyclic) bond motifs is 3. The average Bonchev–Trinajstić information content (AvgIpc) is 3.15. The fourth-order valence-corrected chi connectivity index (χ4v) is 6.30. The van der Waals surface area contributed by atoms with E-state index in [0.29, 0.717) is 30.2 Å². The van der Waals surface area contributed by atoms with Gasteiger partial charge >= 0.3 is 0 Å². The van der Waals surface area contributed by atoms with E-state index >= 15 is 0 Å². The van der Waals surface area contributed by atoms with Crippen LogP contribution in [0, 0.1) is 5.92 Å². The lowest BCUT2D eigenvalue weighted by Crippen LogP contribution is -2.58. The number of nitrogens with zero attached hydrogens (tertiary/aromatic N) is 4. The molecule has 3 atom stereocenters. The summed E-state index contributed by atoms with van der Waals surface area (Å²) < 4.78 is 7.55. The van der Waals surface area contributed by atoms with Crippen LogP contribution in [-0.4, -0.2) is 67.3 Å². The number of benzene rings is 1. The number of nitrogens with one attached hydrogen (secondary N) is 2. The molecule has 0 bridgehead atoms. The van der Waals surface area contributed by atoms with Crippen LogP contribution in [0.2, 0.25) is 0 Å². The van der Waals surface area contributed by atoms with Gasteiger partial charge in [0.25, 0.3) is 11.8 Å². The molecule has 1 spiro atoms. The van der Waals surface area contributed by atoms with Crippen molar-refractivity contribution < 1.29 is 23.9 Å². The first-order valence-corrected chi connectivity index (χ1v) is 12.1. The van der Waals surface area contributed by atoms with Gasteiger partial charge in [-0.15, -0.1) is 5.10 Å². The zero-order valence-electron chi connectivity index (χ0n) is 19.0. The number of amides is 4. The number of hydrogen-bond acceptors (Lipinski definition) is 7. The molecule has 11 heteroatoms. The molecule has 1 aromatic heterocycles. The van der Waals surface area contributed by atoms with Crippen LogP contribution in [0.3, 0.4) is 0 Å². The van der Waals surface area contributed by atoms with Gasteiger partial charge in [-0.1, -0.05) is 5.21 Å². The number of piperidine rings is 1. The normalized spacial score (nSPS) is 30.1. The molecule has 2 aromatic rings. The highest BCUT2D eigenvalue weighted by Crippen LogP contribution is 2.64. The highest BCUT2D eigenvalue weighted by Gasteiger charge is 2.74. The Morgan fingerprint density at radius 1 is 1.23 bits per heavy atom. The van der Waals surface area contributed by atoms with Gasteiger partial charge in [-0.3, -0.25) is 24.5 Å². The van der Waals surface area contributed by atoms with Gasteiger partial charge < -0.3 is 15.0 Å². The summed E-state index contributed by atoms with van der Waals surface area (Å²) in [5, 5.41) is 13.7. The molecule has 1 unspecified atom stereocenters. The third-order valence-corrected chi connectivity index (χ3v) is 8.47. The van der Waals surface area contributed by atoms with Crippen LogP contribution in [-0.2, 0) is 20.9 Å². The second kappa shape index (κ2) is 6.97. The predicted molar refractivity (Wildman–Crippen MR) is 118 cm³/mol. The van der Waals surface area contributed by atoms with Crippen LogP contribution in [0.1, 0.15) is 64.9 Å². The first kappa shape index (κ1) is 20.7. The zero-order valence-corrected chi connectivity index (χ0v) is 19.0. The van der Waals surface area contributed by atoms with Gasteiger partial charge in [-0.2, -0.15) is 0 Å². The highest BCUT2D eigenvalue weighted by atomic mass is 16.5. The molecule has 4 amide bonds. The summed E-state index contributed by atoms with van der Waals surface area (Å²) in [7, 11) is 0. The lowest BCUT2D eigenvalue weighted by Gasteiger charge is -2.45. The number of carbonyl (C=O) groups is 4. The van der Waals surface area contributed by atoms with Gasteiger partial charge in [-0.05, 0) is 55.9 Å². The molecule has 2 N–H and O–H groups in total. The van der Waals surface area contributed by atoms with Crippen molar-refractivity contribution in [1.82, 2.24) is 30.5 Å². The van der Waals surface area contributed by atoms with E-state index in [1.54, 1.807) is 18.3 Å². The Balaban J connectivity index is 1.09. The van der Waals surface area contributed by atoms with Gasteiger partial charge in [0.05, 0.1) is 29.6 Å². The zero-order chi connectivity index (χ0) is 23.9. The third kappa shape index (κ3) is 2.87. The van der Waals surface area contributed by atoms with E-state index < -0.39 is 11.9 Å². The van der Waals surface area contributed by atoms with Crippen molar-refractivity contribution in [3.05, 3.63) is 41.2 Å². The maximum absolute atomic E-state index is 13.0. The minimum absolute atomic E-state index is 0.204. The molecule has 11 nitrogen and oxygen atoms in total. The fraction of sp³-hybridized carbons (Fsp3) is 0.500. The van der Waals surface area contributed by atoms with E-state index in [-0.39, 0.29) is 47.5 Å². The molecular formula is C24H24N6O5. The summed E-state index contributed by atoms with van der Waals surface area (Å²) in [5.74, 6) is -0.868. The average molecular weight is 476 g/mol. The molecule has 35 heavy (non-hydrogen) atoms. The molecule has 180 valence electrons. The molecule has 0 radical (unpaired) electrons. The first-order valence-electron chi connectivity index (χ1n) is 12.1. The van der Waals surface area contributed by atoms with Crippen molar-refractivity contribution in [3.8, 4) is 5.69 Å². The third-order valence-electron chi connectivity index (χ3n) is 8.47. The number of hydrogen-bond donors (Lipinski definition) is 2. The summed E-state index contributed by atoms with van der Waals surface area (Å²) in [6.45, 7) is 0.971. The molecule has 2 saturated carbocycles. The van der Waals surface area contributed by atoms with Crippen molar-refractivity contribution in [2.75, 3.05) is 6.61 Å².